The van der Waals surface area contributed by atoms with Crippen LogP contribution in [0.4, 0.5) is 0 Å². The predicted molar refractivity (Wildman–Crippen MR) is 25.6 cm³/mol. The van der Waals surface area contributed by atoms with Crippen molar-refractivity contribution in [2.75, 3.05) is 12.4 Å². The summed E-state index contributed by atoms with van der Waals surface area (Å²) in [5, 5.41) is 16.2. The smallest absolute Gasteiger partial charge is 0.0524 e. The van der Waals surface area contributed by atoms with E-state index >= 15 is 0 Å². The maximum atomic E-state index is 8.01. The fraction of sp³-hybridized carbons (Fsp3) is 1.00. The minimum atomic E-state index is 0.127. The van der Waals surface area contributed by atoms with E-state index in [1.807, 2.05) is 0 Å². The van der Waals surface area contributed by atoms with E-state index in [1.165, 1.54) is 0 Å². The van der Waals surface area contributed by atoms with Crippen LogP contribution < -0.4 is 0 Å². The van der Waals surface area contributed by atoms with Crippen molar-refractivity contribution in [1.82, 2.24) is 5.23 Å². The Kier molecular flexibility index (Phi) is 4.44. The fourth-order valence-corrected chi connectivity index (χ4v) is 0.321. The van der Waals surface area contributed by atoms with Crippen molar-refractivity contribution in [3.8, 4) is 0 Å². The number of hydrogen-bond acceptors (Lipinski definition) is 3. The third kappa shape index (κ3) is 6.17. The molecule has 0 amide bonds. The van der Waals surface area contributed by atoms with Crippen molar-refractivity contribution >= 4 is 11.6 Å². The van der Waals surface area contributed by atoms with Gasteiger partial charge in [-0.3, -0.25) is 10.4 Å². The van der Waals surface area contributed by atoms with Gasteiger partial charge in [0.05, 0.1) is 6.54 Å². The first-order valence-electron chi connectivity index (χ1n) is 1.98. The van der Waals surface area contributed by atoms with E-state index in [9.17, 15) is 0 Å². The van der Waals surface area contributed by atoms with Crippen LogP contribution in [0.2, 0.25) is 0 Å². The molecule has 0 aliphatic carbocycles. The van der Waals surface area contributed by atoms with Gasteiger partial charge in [-0.05, 0) is 6.42 Å². The van der Waals surface area contributed by atoms with Crippen LogP contribution in [0.1, 0.15) is 6.42 Å². The Hall–Kier alpha value is 0.170. The van der Waals surface area contributed by atoms with Crippen LogP contribution >= 0.6 is 11.6 Å². The van der Waals surface area contributed by atoms with Gasteiger partial charge in [-0.15, -0.1) is 11.6 Å². The van der Waals surface area contributed by atoms with Gasteiger partial charge >= 0.3 is 0 Å². The lowest BCUT2D eigenvalue weighted by Crippen LogP contribution is -2.14. The molecule has 3 nitrogen and oxygen atoms in total. The summed E-state index contributed by atoms with van der Waals surface area (Å²) in [5.41, 5.74) is 0. The maximum Gasteiger partial charge on any atom is 0.0524 e. The van der Waals surface area contributed by atoms with Gasteiger partial charge in [0.1, 0.15) is 0 Å². The molecular formula is C3H8ClNO2. The molecule has 0 fully saturated rings. The average molecular weight is 126 g/mol. The van der Waals surface area contributed by atoms with Crippen LogP contribution in [0.15, 0.2) is 0 Å². The summed E-state index contributed by atoms with van der Waals surface area (Å²) < 4.78 is 0. The van der Waals surface area contributed by atoms with Crippen molar-refractivity contribution in [2.45, 2.75) is 6.42 Å². The van der Waals surface area contributed by atoms with Crippen LogP contribution in [-0.2, 0) is 0 Å². The SMILES string of the molecule is ON(O)CCCCl. The summed E-state index contributed by atoms with van der Waals surface area (Å²) in [5.74, 6) is 0.456. The number of rotatable bonds is 3. The highest BCUT2D eigenvalue weighted by atomic mass is 35.5. The first-order valence-corrected chi connectivity index (χ1v) is 2.52. The van der Waals surface area contributed by atoms with Gasteiger partial charge in [0.15, 0.2) is 0 Å². The Morgan fingerprint density at radius 3 is 2.14 bits per heavy atom. The van der Waals surface area contributed by atoms with Crippen molar-refractivity contribution in [2.24, 2.45) is 0 Å². The Bertz CT molecular complexity index is 41.9. The zero-order chi connectivity index (χ0) is 5.70. The van der Waals surface area contributed by atoms with E-state index in [0.29, 0.717) is 12.3 Å². The molecule has 0 unspecified atom stereocenters. The Labute approximate surface area is 47.0 Å². The molecule has 0 rings (SSSR count). The first-order chi connectivity index (χ1) is 3.27. The standard InChI is InChI=1S/C3H8ClNO2/c4-2-1-3-5(6)7/h6-7H,1-3H2. The van der Waals surface area contributed by atoms with E-state index in [2.05, 4.69) is 0 Å². The zero-order valence-electron chi connectivity index (χ0n) is 3.84. The minimum absolute atomic E-state index is 0.127. The van der Waals surface area contributed by atoms with E-state index in [1.54, 1.807) is 0 Å². The number of halogens is 1. The third-order valence-electron chi connectivity index (χ3n) is 0.492. The number of alkyl halides is 1. The highest BCUT2D eigenvalue weighted by Gasteiger charge is 1.88. The number of hydroxylamine groups is 2. The van der Waals surface area contributed by atoms with Crippen molar-refractivity contribution in [1.29, 1.82) is 0 Å². The normalized spacial score (nSPS) is 10.3. The van der Waals surface area contributed by atoms with Crippen molar-refractivity contribution in [3.05, 3.63) is 0 Å². The lowest BCUT2D eigenvalue weighted by molar-refractivity contribution is -0.306. The minimum Gasteiger partial charge on any atom is -0.290 e. The molecule has 0 aromatic heterocycles. The molecule has 0 bridgehead atoms. The maximum absolute atomic E-state index is 8.01. The van der Waals surface area contributed by atoms with Gasteiger partial charge in [0.2, 0.25) is 0 Å². The van der Waals surface area contributed by atoms with Gasteiger partial charge < -0.3 is 0 Å². The molecule has 0 aromatic rings. The molecule has 0 saturated heterocycles. The van der Waals surface area contributed by atoms with E-state index in [0.717, 1.165) is 0 Å². The second-order valence-corrected chi connectivity index (χ2v) is 1.52. The second-order valence-electron chi connectivity index (χ2n) is 1.14. The Morgan fingerprint density at radius 2 is 2.00 bits per heavy atom. The number of hydrogen-bond donors (Lipinski definition) is 2. The lowest BCUT2D eigenvalue weighted by atomic mass is 10.5. The summed E-state index contributed by atoms with van der Waals surface area (Å²) in [6.45, 7) is 0.212. The molecule has 0 heterocycles. The van der Waals surface area contributed by atoms with Crippen LogP contribution in [-0.4, -0.2) is 28.1 Å². The van der Waals surface area contributed by atoms with Crippen molar-refractivity contribution in [3.63, 3.8) is 0 Å². The molecule has 0 atom stereocenters. The van der Waals surface area contributed by atoms with Gasteiger partial charge in [-0.1, -0.05) is 5.23 Å². The third-order valence-corrected chi connectivity index (χ3v) is 0.759. The van der Waals surface area contributed by atoms with Crippen molar-refractivity contribution < 1.29 is 10.4 Å². The fourth-order valence-electron chi connectivity index (χ4n) is 0.201. The molecule has 0 radical (unpaired) electrons. The Morgan fingerprint density at radius 1 is 1.43 bits per heavy atom. The average Bonchev–Trinajstić information content (AvgIpc) is 1.61. The lowest BCUT2D eigenvalue weighted by Gasteiger charge is -2.01. The van der Waals surface area contributed by atoms with Gasteiger partial charge in [-0.2, -0.15) is 0 Å². The summed E-state index contributed by atoms with van der Waals surface area (Å²) in [7, 11) is 0. The molecular weight excluding hydrogens is 117 g/mol. The number of nitrogens with zero attached hydrogens (tertiary/aromatic N) is 1. The molecule has 44 valence electrons. The van der Waals surface area contributed by atoms with Crippen LogP contribution in [0, 0.1) is 0 Å². The van der Waals surface area contributed by atoms with Crippen LogP contribution in [0.5, 0.6) is 0 Å². The molecule has 0 saturated carbocycles. The molecule has 0 aromatic carbocycles. The second kappa shape index (κ2) is 4.33. The van der Waals surface area contributed by atoms with Gasteiger partial charge in [0, 0.05) is 5.88 Å². The van der Waals surface area contributed by atoms with Gasteiger partial charge in [-0.25, -0.2) is 0 Å². The Balaban J connectivity index is 2.68. The highest BCUT2D eigenvalue weighted by Crippen LogP contribution is 1.84. The van der Waals surface area contributed by atoms with Gasteiger partial charge in [0.25, 0.3) is 0 Å². The summed E-state index contributed by atoms with van der Waals surface area (Å²) in [4.78, 5) is 0. The van der Waals surface area contributed by atoms with E-state index < -0.39 is 0 Å². The summed E-state index contributed by atoms with van der Waals surface area (Å²) in [6, 6.07) is 0. The monoisotopic (exact) mass is 125 g/mol. The predicted octanol–water partition coefficient (Wildman–Crippen LogP) is 0.696. The first kappa shape index (κ1) is 7.17. The molecule has 7 heavy (non-hydrogen) atoms. The molecule has 0 aliphatic rings. The van der Waals surface area contributed by atoms with Crippen LogP contribution in [0.25, 0.3) is 0 Å². The summed E-state index contributed by atoms with van der Waals surface area (Å²) in [6.07, 6.45) is 0.592. The summed E-state index contributed by atoms with van der Waals surface area (Å²) >= 11 is 5.20. The van der Waals surface area contributed by atoms with E-state index in [-0.39, 0.29) is 11.8 Å². The largest absolute Gasteiger partial charge is 0.290 e. The molecule has 2 N–H and O–H groups in total. The zero-order valence-corrected chi connectivity index (χ0v) is 4.60. The highest BCUT2D eigenvalue weighted by molar-refractivity contribution is 6.17. The molecule has 0 spiro atoms. The molecule has 0 aliphatic heterocycles. The molecule has 4 heteroatoms. The van der Waals surface area contributed by atoms with E-state index in [4.69, 9.17) is 22.0 Å². The van der Waals surface area contributed by atoms with Crippen LogP contribution in [0.3, 0.4) is 0 Å². The quantitative estimate of drug-likeness (QED) is 0.431. The topological polar surface area (TPSA) is 43.7 Å².